The number of hydrogen-bond donors (Lipinski definition) is 2. The molecule has 0 atom stereocenters. The SMILES string of the molecule is COc1cc(/C=N/NC(=O)CNc2ccc(C)cc2)cc(Br)c1OC(=O)c1ccc(C)cc1. The zero-order valence-electron chi connectivity index (χ0n) is 18.5. The van der Waals surface area contributed by atoms with Gasteiger partial charge >= 0.3 is 5.97 Å². The van der Waals surface area contributed by atoms with Crippen LogP contribution in [0.25, 0.3) is 0 Å². The van der Waals surface area contributed by atoms with Gasteiger partial charge in [-0.3, -0.25) is 4.79 Å². The summed E-state index contributed by atoms with van der Waals surface area (Å²) in [4.78, 5) is 24.5. The van der Waals surface area contributed by atoms with Crippen molar-refractivity contribution in [2.24, 2.45) is 5.10 Å². The molecular formula is C25H24BrN3O4. The second kappa shape index (κ2) is 11.3. The van der Waals surface area contributed by atoms with Crippen molar-refractivity contribution in [1.82, 2.24) is 5.43 Å². The van der Waals surface area contributed by atoms with Crippen molar-refractivity contribution in [2.75, 3.05) is 19.0 Å². The number of esters is 1. The average Bonchev–Trinajstić information content (AvgIpc) is 2.80. The van der Waals surface area contributed by atoms with Gasteiger partial charge in [0, 0.05) is 5.69 Å². The third-order valence-electron chi connectivity index (χ3n) is 4.64. The number of nitrogens with zero attached hydrogens (tertiary/aromatic N) is 1. The van der Waals surface area contributed by atoms with Crippen molar-refractivity contribution >= 4 is 39.7 Å². The lowest BCUT2D eigenvalue weighted by Gasteiger charge is -2.12. The molecule has 0 radical (unpaired) electrons. The van der Waals surface area contributed by atoms with Crippen molar-refractivity contribution in [1.29, 1.82) is 0 Å². The highest BCUT2D eigenvalue weighted by atomic mass is 79.9. The number of methoxy groups -OCH3 is 1. The molecule has 3 aromatic carbocycles. The van der Waals surface area contributed by atoms with Gasteiger partial charge in [-0.1, -0.05) is 35.4 Å². The molecule has 7 nitrogen and oxygen atoms in total. The quantitative estimate of drug-likeness (QED) is 0.196. The van der Waals surface area contributed by atoms with E-state index < -0.39 is 5.97 Å². The van der Waals surface area contributed by atoms with Crippen LogP contribution in [0.15, 0.2) is 70.2 Å². The van der Waals surface area contributed by atoms with E-state index >= 15 is 0 Å². The fourth-order valence-electron chi connectivity index (χ4n) is 2.83. The van der Waals surface area contributed by atoms with E-state index in [4.69, 9.17) is 9.47 Å². The minimum absolute atomic E-state index is 0.0846. The van der Waals surface area contributed by atoms with Crippen molar-refractivity contribution in [2.45, 2.75) is 13.8 Å². The van der Waals surface area contributed by atoms with Gasteiger partial charge in [0.1, 0.15) is 0 Å². The number of nitrogens with one attached hydrogen (secondary N) is 2. The molecule has 0 aliphatic carbocycles. The number of anilines is 1. The summed E-state index contributed by atoms with van der Waals surface area (Å²) >= 11 is 3.41. The molecule has 0 bridgehead atoms. The summed E-state index contributed by atoms with van der Waals surface area (Å²) in [6.07, 6.45) is 1.47. The largest absolute Gasteiger partial charge is 0.493 e. The molecule has 0 fully saturated rings. The Morgan fingerprint density at radius 2 is 1.64 bits per heavy atom. The molecule has 0 aliphatic heterocycles. The molecule has 0 spiro atoms. The third kappa shape index (κ3) is 6.92. The molecule has 3 aromatic rings. The molecule has 2 N–H and O–H groups in total. The number of amides is 1. The highest BCUT2D eigenvalue weighted by Gasteiger charge is 2.16. The third-order valence-corrected chi connectivity index (χ3v) is 5.23. The summed E-state index contributed by atoms with van der Waals surface area (Å²) in [6.45, 7) is 4.03. The lowest BCUT2D eigenvalue weighted by atomic mass is 10.1. The van der Waals surface area contributed by atoms with Crippen molar-refractivity contribution in [3.8, 4) is 11.5 Å². The predicted octanol–water partition coefficient (Wildman–Crippen LogP) is 4.86. The lowest BCUT2D eigenvalue weighted by Crippen LogP contribution is -2.25. The van der Waals surface area contributed by atoms with Gasteiger partial charge < -0.3 is 14.8 Å². The summed E-state index contributed by atoms with van der Waals surface area (Å²) in [5, 5.41) is 7.01. The van der Waals surface area contributed by atoms with Crippen LogP contribution < -0.4 is 20.2 Å². The molecule has 0 aromatic heterocycles. The normalized spacial score (nSPS) is 10.7. The van der Waals surface area contributed by atoms with Crippen LogP contribution >= 0.6 is 15.9 Å². The van der Waals surface area contributed by atoms with Crippen LogP contribution in [0.5, 0.6) is 11.5 Å². The summed E-state index contributed by atoms with van der Waals surface area (Å²) < 4.78 is 11.4. The van der Waals surface area contributed by atoms with Gasteiger partial charge in [-0.25, -0.2) is 10.2 Å². The molecule has 1 amide bonds. The number of carbonyl (C=O) groups excluding carboxylic acids is 2. The standard InChI is InChI=1S/C25H24BrN3O4/c1-16-4-8-19(9-5-16)25(31)33-24-21(26)12-18(13-22(24)32-3)14-28-29-23(30)15-27-20-10-6-17(2)7-11-20/h4-14,27H,15H2,1-3H3,(H,29,30)/b28-14+. The van der Waals surface area contributed by atoms with Gasteiger partial charge in [0.15, 0.2) is 11.5 Å². The minimum Gasteiger partial charge on any atom is -0.493 e. The molecule has 0 aliphatic rings. The molecule has 0 saturated carbocycles. The van der Waals surface area contributed by atoms with Crippen LogP contribution in [0, 0.1) is 13.8 Å². The fourth-order valence-corrected chi connectivity index (χ4v) is 3.37. The number of halogens is 1. The Kier molecular flexibility index (Phi) is 8.21. The highest BCUT2D eigenvalue weighted by Crippen LogP contribution is 2.36. The molecular weight excluding hydrogens is 486 g/mol. The number of ether oxygens (including phenoxy) is 2. The Hall–Kier alpha value is -3.65. The first-order valence-corrected chi connectivity index (χ1v) is 10.9. The fraction of sp³-hybridized carbons (Fsp3) is 0.160. The number of aryl methyl sites for hydroxylation is 2. The topological polar surface area (TPSA) is 89.0 Å². The number of rotatable bonds is 8. The zero-order chi connectivity index (χ0) is 23.8. The summed E-state index contributed by atoms with van der Waals surface area (Å²) in [6, 6.07) is 18.2. The highest BCUT2D eigenvalue weighted by molar-refractivity contribution is 9.10. The van der Waals surface area contributed by atoms with Crippen molar-refractivity contribution < 1.29 is 19.1 Å². The molecule has 3 rings (SSSR count). The van der Waals surface area contributed by atoms with Crippen LogP contribution in [0.3, 0.4) is 0 Å². The Morgan fingerprint density at radius 1 is 1.00 bits per heavy atom. The summed E-state index contributed by atoms with van der Waals surface area (Å²) in [7, 11) is 1.48. The minimum atomic E-state index is -0.497. The maximum absolute atomic E-state index is 12.5. The first-order valence-electron chi connectivity index (χ1n) is 10.1. The number of benzene rings is 3. The number of hydrogen-bond acceptors (Lipinski definition) is 6. The van der Waals surface area contributed by atoms with Gasteiger partial charge in [0.25, 0.3) is 5.91 Å². The van der Waals surface area contributed by atoms with Gasteiger partial charge in [0.2, 0.25) is 0 Å². The Bertz CT molecular complexity index is 1160. The van der Waals surface area contributed by atoms with Crippen LogP contribution in [0.1, 0.15) is 27.0 Å². The van der Waals surface area contributed by atoms with Crippen molar-refractivity contribution in [3.05, 3.63) is 87.4 Å². The first-order chi connectivity index (χ1) is 15.9. The van der Waals surface area contributed by atoms with Crippen molar-refractivity contribution in [3.63, 3.8) is 0 Å². The Morgan fingerprint density at radius 3 is 2.27 bits per heavy atom. The Balaban J connectivity index is 1.61. The second-order valence-electron chi connectivity index (χ2n) is 7.30. The lowest BCUT2D eigenvalue weighted by molar-refractivity contribution is -0.119. The van der Waals surface area contributed by atoms with Gasteiger partial charge in [-0.2, -0.15) is 5.10 Å². The first kappa shape index (κ1) is 24.0. The molecule has 0 unspecified atom stereocenters. The second-order valence-corrected chi connectivity index (χ2v) is 8.16. The summed E-state index contributed by atoms with van der Waals surface area (Å²) in [5.74, 6) is -0.185. The maximum atomic E-state index is 12.5. The number of hydrazone groups is 1. The zero-order valence-corrected chi connectivity index (χ0v) is 20.1. The van der Waals surface area contributed by atoms with Crippen LogP contribution in [-0.4, -0.2) is 31.7 Å². The van der Waals surface area contributed by atoms with E-state index in [1.807, 2.05) is 50.2 Å². The van der Waals surface area contributed by atoms with E-state index in [-0.39, 0.29) is 18.2 Å². The van der Waals surface area contributed by atoms with E-state index in [0.717, 1.165) is 16.8 Å². The average molecular weight is 510 g/mol. The van der Waals surface area contributed by atoms with E-state index in [1.165, 1.54) is 13.3 Å². The summed E-state index contributed by atoms with van der Waals surface area (Å²) in [5.41, 5.74) is 6.59. The van der Waals surface area contributed by atoms with Crippen LogP contribution in [0.2, 0.25) is 0 Å². The van der Waals surface area contributed by atoms with E-state index in [1.54, 1.807) is 24.3 Å². The number of carbonyl (C=O) groups is 2. The van der Waals surface area contributed by atoms with Gasteiger partial charge in [-0.15, -0.1) is 0 Å². The Labute approximate surface area is 200 Å². The van der Waals surface area contributed by atoms with E-state index in [0.29, 0.717) is 21.3 Å². The van der Waals surface area contributed by atoms with E-state index in [2.05, 4.69) is 31.8 Å². The molecule has 33 heavy (non-hydrogen) atoms. The molecule has 0 saturated heterocycles. The maximum Gasteiger partial charge on any atom is 0.343 e. The molecule has 170 valence electrons. The van der Waals surface area contributed by atoms with Gasteiger partial charge in [0.05, 0.1) is 29.9 Å². The van der Waals surface area contributed by atoms with Gasteiger partial charge in [-0.05, 0) is 71.7 Å². The van der Waals surface area contributed by atoms with Crippen LogP contribution in [-0.2, 0) is 4.79 Å². The monoisotopic (exact) mass is 509 g/mol. The van der Waals surface area contributed by atoms with E-state index in [9.17, 15) is 9.59 Å². The molecule has 0 heterocycles. The molecule has 8 heteroatoms. The predicted molar refractivity (Wildman–Crippen MR) is 132 cm³/mol. The smallest absolute Gasteiger partial charge is 0.343 e. The van der Waals surface area contributed by atoms with Crippen LogP contribution in [0.4, 0.5) is 5.69 Å².